The fraction of sp³-hybridized carbons (Fsp3) is 0.130. The van der Waals surface area contributed by atoms with Crippen molar-refractivity contribution in [2.45, 2.75) is 13.8 Å². The normalized spacial score (nSPS) is 12.4. The Bertz CT molecular complexity index is 856. The SMILES string of the molecule is CC(=O)OCP(OC(C)=O)(c1ccccc1)(c1ccccc1)c1ccccc1. The molecule has 0 aliphatic heterocycles. The average molecular weight is 394 g/mol. The fourth-order valence-corrected chi connectivity index (χ4v) is 8.70. The van der Waals surface area contributed by atoms with Gasteiger partial charge in [-0.2, -0.15) is 0 Å². The zero-order valence-electron chi connectivity index (χ0n) is 15.9. The zero-order chi connectivity index (χ0) is 20.1. The molecule has 3 aromatic rings. The minimum absolute atomic E-state index is 0.0570. The molecular formula is C23H23O4P. The predicted molar refractivity (Wildman–Crippen MR) is 114 cm³/mol. The first-order valence-corrected chi connectivity index (χ1v) is 11.3. The van der Waals surface area contributed by atoms with Crippen molar-refractivity contribution in [3.05, 3.63) is 91.0 Å². The van der Waals surface area contributed by atoms with Crippen LogP contribution < -0.4 is 15.9 Å². The number of benzene rings is 3. The van der Waals surface area contributed by atoms with Gasteiger partial charge in [0.1, 0.15) is 0 Å². The maximum atomic E-state index is 12.5. The van der Waals surface area contributed by atoms with Crippen molar-refractivity contribution in [2.24, 2.45) is 0 Å². The van der Waals surface area contributed by atoms with E-state index in [-0.39, 0.29) is 6.35 Å². The first-order valence-electron chi connectivity index (χ1n) is 9.01. The molecule has 0 heterocycles. The molecule has 5 heteroatoms. The molecule has 3 aromatic carbocycles. The van der Waals surface area contributed by atoms with Crippen LogP contribution in [0.3, 0.4) is 0 Å². The van der Waals surface area contributed by atoms with Gasteiger partial charge in [-0.1, -0.05) is 0 Å². The third-order valence-electron chi connectivity index (χ3n) is 4.75. The molecule has 4 nitrogen and oxygen atoms in total. The van der Waals surface area contributed by atoms with Crippen LogP contribution in [0.25, 0.3) is 0 Å². The summed E-state index contributed by atoms with van der Waals surface area (Å²) in [6, 6.07) is 28.7. The Hall–Kier alpha value is -2.97. The summed E-state index contributed by atoms with van der Waals surface area (Å²) in [6.45, 7) is -1.16. The third kappa shape index (κ3) is 3.32. The second-order valence-electron chi connectivity index (χ2n) is 6.57. The van der Waals surface area contributed by atoms with Gasteiger partial charge in [-0.3, -0.25) is 0 Å². The van der Waals surface area contributed by atoms with Gasteiger partial charge < -0.3 is 0 Å². The number of carbonyl (C=O) groups excluding carboxylic acids is 2. The summed E-state index contributed by atoms with van der Waals surface area (Å²) in [4.78, 5) is 24.4. The summed E-state index contributed by atoms with van der Waals surface area (Å²) in [5, 5.41) is 2.46. The number of hydrogen-bond acceptors (Lipinski definition) is 4. The van der Waals surface area contributed by atoms with E-state index in [1.54, 1.807) is 0 Å². The van der Waals surface area contributed by atoms with Crippen LogP contribution >= 0.6 is 6.83 Å². The maximum absolute atomic E-state index is 12.5. The molecule has 0 saturated heterocycles. The summed E-state index contributed by atoms with van der Waals surface area (Å²) in [7, 11) is 0. The van der Waals surface area contributed by atoms with Gasteiger partial charge >= 0.3 is 165 Å². The van der Waals surface area contributed by atoms with Gasteiger partial charge in [0.2, 0.25) is 0 Å². The summed E-state index contributed by atoms with van der Waals surface area (Å²) >= 11 is 0. The monoisotopic (exact) mass is 394 g/mol. The van der Waals surface area contributed by atoms with Crippen molar-refractivity contribution in [3.63, 3.8) is 0 Å². The van der Waals surface area contributed by atoms with E-state index in [2.05, 4.69) is 0 Å². The molecule has 0 radical (unpaired) electrons. The molecule has 0 atom stereocenters. The molecule has 0 fully saturated rings. The minimum atomic E-state index is -3.91. The van der Waals surface area contributed by atoms with Crippen LogP contribution in [0.1, 0.15) is 13.8 Å². The van der Waals surface area contributed by atoms with Crippen LogP contribution in [-0.2, 0) is 18.8 Å². The number of rotatable bonds is 6. The molecule has 0 aliphatic carbocycles. The van der Waals surface area contributed by atoms with Crippen molar-refractivity contribution in [3.8, 4) is 0 Å². The predicted octanol–water partition coefficient (Wildman–Crippen LogP) is 3.51. The first kappa shape index (κ1) is 19.8. The van der Waals surface area contributed by atoms with E-state index in [1.165, 1.54) is 13.8 Å². The molecule has 0 unspecified atom stereocenters. The Kier molecular flexibility index (Phi) is 5.62. The van der Waals surface area contributed by atoms with Gasteiger partial charge in [-0.05, 0) is 0 Å². The molecule has 0 spiro atoms. The second kappa shape index (κ2) is 7.95. The van der Waals surface area contributed by atoms with E-state index < -0.39 is 18.8 Å². The molecule has 0 saturated carbocycles. The van der Waals surface area contributed by atoms with E-state index in [1.807, 2.05) is 91.0 Å². The summed E-state index contributed by atoms with van der Waals surface area (Å²) in [5.74, 6) is -0.856. The molecule has 0 aliphatic rings. The fourth-order valence-electron chi connectivity index (χ4n) is 3.58. The van der Waals surface area contributed by atoms with Gasteiger partial charge in [0.05, 0.1) is 0 Å². The topological polar surface area (TPSA) is 52.6 Å². The Morgan fingerprint density at radius 1 is 0.643 bits per heavy atom. The van der Waals surface area contributed by atoms with Crippen molar-refractivity contribution >= 4 is 34.7 Å². The first-order chi connectivity index (χ1) is 13.5. The molecule has 144 valence electrons. The van der Waals surface area contributed by atoms with E-state index in [9.17, 15) is 9.59 Å². The molecule has 0 N–H and O–H groups in total. The molecule has 0 amide bonds. The van der Waals surface area contributed by atoms with Crippen LogP contribution in [0, 0.1) is 0 Å². The van der Waals surface area contributed by atoms with E-state index in [0.29, 0.717) is 0 Å². The number of ether oxygens (including phenoxy) is 1. The molecule has 3 rings (SSSR count). The number of hydrogen-bond donors (Lipinski definition) is 0. The Morgan fingerprint density at radius 2 is 1.00 bits per heavy atom. The van der Waals surface area contributed by atoms with Gasteiger partial charge in [-0.25, -0.2) is 0 Å². The average Bonchev–Trinajstić information content (AvgIpc) is 2.73. The van der Waals surface area contributed by atoms with Crippen molar-refractivity contribution in [1.82, 2.24) is 0 Å². The van der Waals surface area contributed by atoms with Crippen molar-refractivity contribution in [2.75, 3.05) is 6.35 Å². The Labute approximate surface area is 165 Å². The number of carbonyl (C=O) groups is 2. The Balaban J connectivity index is 2.50. The van der Waals surface area contributed by atoms with Crippen molar-refractivity contribution < 1.29 is 18.8 Å². The Morgan fingerprint density at radius 3 is 1.29 bits per heavy atom. The standard InChI is InChI=1S/C23H23O4P/c1-19(24)26-18-28(27-20(2)25,21-12-6-3-7-13-21,22-14-8-4-9-15-22)23-16-10-5-11-17-23/h3-17H,18H2,1-2H3. The number of esters is 1. The molecule has 0 bridgehead atoms. The van der Waals surface area contributed by atoms with Gasteiger partial charge in [0, 0.05) is 0 Å². The molecular weight excluding hydrogens is 371 g/mol. The molecule has 0 aromatic heterocycles. The summed E-state index contributed by atoms with van der Waals surface area (Å²) in [6.07, 6.45) is -0.0570. The third-order valence-corrected chi connectivity index (χ3v) is 10.2. The van der Waals surface area contributed by atoms with Gasteiger partial charge in [0.25, 0.3) is 0 Å². The van der Waals surface area contributed by atoms with Crippen LogP contribution in [0.15, 0.2) is 91.0 Å². The quantitative estimate of drug-likeness (QED) is 0.474. The zero-order valence-corrected chi connectivity index (χ0v) is 16.8. The van der Waals surface area contributed by atoms with Crippen LogP contribution in [0.2, 0.25) is 0 Å². The van der Waals surface area contributed by atoms with Crippen LogP contribution in [-0.4, -0.2) is 18.3 Å². The van der Waals surface area contributed by atoms with E-state index in [4.69, 9.17) is 9.26 Å². The second-order valence-corrected chi connectivity index (χ2v) is 11.0. The van der Waals surface area contributed by atoms with E-state index in [0.717, 1.165) is 15.9 Å². The van der Waals surface area contributed by atoms with Crippen molar-refractivity contribution in [1.29, 1.82) is 0 Å². The summed E-state index contributed by atoms with van der Waals surface area (Å²) < 4.78 is 12.0. The van der Waals surface area contributed by atoms with Gasteiger partial charge in [-0.15, -0.1) is 0 Å². The van der Waals surface area contributed by atoms with Gasteiger partial charge in [0.15, 0.2) is 0 Å². The molecule has 28 heavy (non-hydrogen) atoms. The van der Waals surface area contributed by atoms with Crippen LogP contribution in [0.4, 0.5) is 0 Å². The van der Waals surface area contributed by atoms with E-state index >= 15 is 0 Å². The summed E-state index contributed by atoms with van der Waals surface area (Å²) in [5.41, 5.74) is 0. The van der Waals surface area contributed by atoms with Crippen LogP contribution in [0.5, 0.6) is 0 Å².